The predicted molar refractivity (Wildman–Crippen MR) is 130 cm³/mol. The summed E-state index contributed by atoms with van der Waals surface area (Å²) in [6, 6.07) is 15.7. The average molecular weight is 443 g/mol. The molecule has 0 aliphatic carbocycles. The van der Waals surface area contributed by atoms with Crippen LogP contribution in [0.5, 0.6) is 11.5 Å². The van der Waals surface area contributed by atoms with Crippen LogP contribution in [0, 0.1) is 0 Å². The summed E-state index contributed by atoms with van der Waals surface area (Å²) < 4.78 is 15.8. The Hall–Kier alpha value is -2.99. The molecule has 0 fully saturated rings. The highest BCUT2D eigenvalue weighted by molar-refractivity contribution is 5.69. The van der Waals surface area contributed by atoms with Gasteiger partial charge in [-0.05, 0) is 61.6 Å². The van der Waals surface area contributed by atoms with Crippen LogP contribution in [0.15, 0.2) is 60.8 Å². The Labute approximate surface area is 192 Å². The summed E-state index contributed by atoms with van der Waals surface area (Å²) in [5.41, 5.74) is 9.47. The fourth-order valence-corrected chi connectivity index (χ4v) is 3.03. The van der Waals surface area contributed by atoms with E-state index in [0.717, 1.165) is 35.7 Å². The van der Waals surface area contributed by atoms with Crippen molar-refractivity contribution in [1.82, 2.24) is 5.32 Å². The number of carbonyl (C=O) groups excluding carboxylic acids is 1. The molecule has 1 atom stereocenters. The first kappa shape index (κ1) is 27.0. The molecule has 3 N–H and O–H groups in total. The molecule has 0 unspecified atom stereocenters. The molecule has 32 heavy (non-hydrogen) atoms. The monoisotopic (exact) mass is 442 g/mol. The number of nitrogens with two attached hydrogens (primary N) is 1. The van der Waals surface area contributed by atoms with Crippen LogP contribution in [0.2, 0.25) is 0 Å². The summed E-state index contributed by atoms with van der Waals surface area (Å²) >= 11 is 0. The largest absolute Gasteiger partial charge is 0.497 e. The summed E-state index contributed by atoms with van der Waals surface area (Å²) in [5.74, 6) is 1.45. The number of benzene rings is 2. The standard InChI is InChI=1S/C25H34N2O4.CH4/c1-4-30-25(28)6-5-17-31-23-13-9-21(10-14-23)18-24(26)19(2)27-16-15-20-7-11-22(29-3)12-8-20;/h7-14,24,27H,2,4-6,15-18,26H2,1,3H3;1H4/t24-;/m0./s1. The lowest BCUT2D eigenvalue weighted by atomic mass is 10.0. The molecule has 0 radical (unpaired) electrons. The maximum atomic E-state index is 11.3. The summed E-state index contributed by atoms with van der Waals surface area (Å²) in [4.78, 5) is 11.3. The number of hydrogen-bond donors (Lipinski definition) is 2. The van der Waals surface area contributed by atoms with Crippen LogP contribution in [0.25, 0.3) is 0 Å². The zero-order chi connectivity index (χ0) is 22.5. The van der Waals surface area contributed by atoms with Crippen molar-refractivity contribution >= 4 is 5.97 Å². The molecule has 0 amide bonds. The fourth-order valence-electron chi connectivity index (χ4n) is 3.03. The first-order valence-electron chi connectivity index (χ1n) is 10.7. The molecule has 0 aliphatic rings. The molecule has 0 aromatic heterocycles. The zero-order valence-electron chi connectivity index (χ0n) is 18.6. The van der Waals surface area contributed by atoms with Crippen LogP contribution >= 0.6 is 0 Å². The van der Waals surface area contributed by atoms with Crippen molar-refractivity contribution in [2.75, 3.05) is 26.9 Å². The second-order valence-electron chi connectivity index (χ2n) is 7.26. The van der Waals surface area contributed by atoms with E-state index in [-0.39, 0.29) is 19.4 Å². The van der Waals surface area contributed by atoms with E-state index < -0.39 is 0 Å². The average Bonchev–Trinajstić information content (AvgIpc) is 2.78. The van der Waals surface area contributed by atoms with Gasteiger partial charge in [-0.25, -0.2) is 0 Å². The van der Waals surface area contributed by atoms with Gasteiger partial charge in [-0.3, -0.25) is 4.79 Å². The second-order valence-corrected chi connectivity index (χ2v) is 7.26. The highest BCUT2D eigenvalue weighted by Crippen LogP contribution is 2.15. The third kappa shape index (κ3) is 9.88. The normalized spacial score (nSPS) is 11.1. The minimum absolute atomic E-state index is 0. The summed E-state index contributed by atoms with van der Waals surface area (Å²) in [5, 5.41) is 3.33. The highest BCUT2D eigenvalue weighted by atomic mass is 16.5. The molecule has 0 bridgehead atoms. The third-order valence-electron chi connectivity index (χ3n) is 4.85. The molecular formula is C26H38N2O4. The van der Waals surface area contributed by atoms with Crippen molar-refractivity contribution in [2.24, 2.45) is 5.73 Å². The van der Waals surface area contributed by atoms with Crippen molar-refractivity contribution in [3.05, 3.63) is 71.9 Å². The number of rotatable bonds is 14. The van der Waals surface area contributed by atoms with Gasteiger partial charge in [-0.1, -0.05) is 38.3 Å². The van der Waals surface area contributed by atoms with E-state index in [4.69, 9.17) is 19.9 Å². The molecule has 0 saturated carbocycles. The van der Waals surface area contributed by atoms with E-state index in [0.29, 0.717) is 32.5 Å². The van der Waals surface area contributed by atoms with E-state index in [9.17, 15) is 4.79 Å². The number of ether oxygens (including phenoxy) is 3. The van der Waals surface area contributed by atoms with Gasteiger partial charge in [0.05, 0.1) is 20.3 Å². The lowest BCUT2D eigenvalue weighted by molar-refractivity contribution is -0.143. The molecule has 6 heteroatoms. The van der Waals surface area contributed by atoms with Crippen molar-refractivity contribution in [3.8, 4) is 11.5 Å². The smallest absolute Gasteiger partial charge is 0.305 e. The van der Waals surface area contributed by atoms with Gasteiger partial charge in [0.25, 0.3) is 0 Å². The highest BCUT2D eigenvalue weighted by Gasteiger charge is 2.09. The van der Waals surface area contributed by atoms with Gasteiger partial charge < -0.3 is 25.3 Å². The van der Waals surface area contributed by atoms with Crippen LogP contribution in [0.3, 0.4) is 0 Å². The Morgan fingerprint density at radius 2 is 1.69 bits per heavy atom. The molecule has 6 nitrogen and oxygen atoms in total. The molecule has 176 valence electrons. The maximum absolute atomic E-state index is 11.3. The second kappa shape index (κ2) is 14.9. The molecule has 0 heterocycles. The van der Waals surface area contributed by atoms with E-state index in [2.05, 4.69) is 24.0 Å². The Kier molecular flexibility index (Phi) is 12.6. The van der Waals surface area contributed by atoms with Gasteiger partial charge in [-0.2, -0.15) is 0 Å². The van der Waals surface area contributed by atoms with Crippen LogP contribution in [0.4, 0.5) is 0 Å². The maximum Gasteiger partial charge on any atom is 0.305 e. The predicted octanol–water partition coefficient (Wildman–Crippen LogP) is 4.27. The van der Waals surface area contributed by atoms with Crippen LogP contribution < -0.4 is 20.5 Å². The quantitative estimate of drug-likeness (QED) is 0.336. The number of carbonyl (C=O) groups is 1. The van der Waals surface area contributed by atoms with E-state index in [1.165, 1.54) is 5.56 Å². The van der Waals surface area contributed by atoms with Gasteiger partial charge in [0.1, 0.15) is 11.5 Å². The lowest BCUT2D eigenvalue weighted by Crippen LogP contribution is -2.33. The Morgan fingerprint density at radius 1 is 1.06 bits per heavy atom. The summed E-state index contributed by atoms with van der Waals surface area (Å²) in [7, 11) is 1.66. The SMILES string of the molecule is C.C=C(NCCc1ccc(OC)cc1)[C@@H](N)Cc1ccc(OCCCC(=O)OCC)cc1. The number of methoxy groups -OCH3 is 1. The number of esters is 1. The van der Waals surface area contributed by atoms with Gasteiger partial charge >= 0.3 is 5.97 Å². The fraction of sp³-hybridized carbons (Fsp3) is 0.423. The molecule has 0 aliphatic heterocycles. The van der Waals surface area contributed by atoms with Crippen molar-refractivity contribution in [2.45, 2.75) is 46.1 Å². The molecule has 0 saturated heterocycles. The Morgan fingerprint density at radius 3 is 2.31 bits per heavy atom. The van der Waals surface area contributed by atoms with Crippen molar-refractivity contribution < 1.29 is 19.0 Å². The van der Waals surface area contributed by atoms with Crippen molar-refractivity contribution in [1.29, 1.82) is 0 Å². The summed E-state index contributed by atoms with van der Waals surface area (Å²) in [6.45, 7) is 7.55. The zero-order valence-corrected chi connectivity index (χ0v) is 18.6. The topological polar surface area (TPSA) is 82.8 Å². The number of nitrogens with one attached hydrogen (secondary N) is 1. The van der Waals surface area contributed by atoms with E-state index in [1.807, 2.05) is 36.4 Å². The molecule has 0 spiro atoms. The van der Waals surface area contributed by atoms with Crippen molar-refractivity contribution in [3.63, 3.8) is 0 Å². The minimum Gasteiger partial charge on any atom is -0.497 e. The van der Waals surface area contributed by atoms with E-state index in [1.54, 1.807) is 14.0 Å². The Balaban J connectivity index is 0.00000512. The summed E-state index contributed by atoms with van der Waals surface area (Å²) in [6.07, 6.45) is 2.58. The Bertz CT molecular complexity index is 804. The van der Waals surface area contributed by atoms with Crippen LogP contribution in [-0.2, 0) is 22.4 Å². The van der Waals surface area contributed by atoms with Gasteiger partial charge in [-0.15, -0.1) is 0 Å². The van der Waals surface area contributed by atoms with Gasteiger partial charge in [0.15, 0.2) is 0 Å². The minimum atomic E-state index is -0.187. The lowest BCUT2D eigenvalue weighted by Gasteiger charge is -2.17. The first-order chi connectivity index (χ1) is 15.0. The van der Waals surface area contributed by atoms with E-state index >= 15 is 0 Å². The van der Waals surface area contributed by atoms with Gasteiger partial charge in [0.2, 0.25) is 0 Å². The molecular weight excluding hydrogens is 404 g/mol. The third-order valence-corrected chi connectivity index (χ3v) is 4.85. The van der Waals surface area contributed by atoms with Crippen LogP contribution in [-0.4, -0.2) is 38.9 Å². The molecule has 2 aromatic rings. The first-order valence-corrected chi connectivity index (χ1v) is 10.7. The molecule has 2 rings (SSSR count). The van der Waals surface area contributed by atoms with Crippen LogP contribution in [0.1, 0.15) is 38.3 Å². The number of hydrogen-bond acceptors (Lipinski definition) is 6. The van der Waals surface area contributed by atoms with Gasteiger partial charge in [0, 0.05) is 24.7 Å². The molecule has 2 aromatic carbocycles.